The summed E-state index contributed by atoms with van der Waals surface area (Å²) in [5, 5.41) is 8.85. The Morgan fingerprint density at radius 2 is 2.00 bits per heavy atom. The number of benzene rings is 1. The number of hydrogen-bond donors (Lipinski definition) is 3. The van der Waals surface area contributed by atoms with Gasteiger partial charge in [0.25, 0.3) is 0 Å². The first-order valence-electron chi connectivity index (χ1n) is 7.80. The SMILES string of the molecule is Cc1ccc(OCNC(=O)NCCN2CCNCC2)cc1C. The maximum atomic E-state index is 11.7. The minimum Gasteiger partial charge on any atom is -0.473 e. The fraction of sp³-hybridized carbons (Fsp3) is 0.562. The van der Waals surface area contributed by atoms with E-state index in [2.05, 4.69) is 27.8 Å². The van der Waals surface area contributed by atoms with Crippen molar-refractivity contribution in [3.63, 3.8) is 0 Å². The van der Waals surface area contributed by atoms with Crippen LogP contribution >= 0.6 is 0 Å². The number of hydrogen-bond acceptors (Lipinski definition) is 4. The summed E-state index contributed by atoms with van der Waals surface area (Å²) in [5.74, 6) is 0.768. The number of nitrogens with one attached hydrogen (secondary N) is 3. The average Bonchev–Trinajstić information content (AvgIpc) is 2.52. The first-order chi connectivity index (χ1) is 10.6. The zero-order chi connectivity index (χ0) is 15.8. The van der Waals surface area contributed by atoms with Gasteiger partial charge in [-0.1, -0.05) is 6.07 Å². The van der Waals surface area contributed by atoms with Crippen molar-refractivity contribution in [1.29, 1.82) is 0 Å². The van der Waals surface area contributed by atoms with Gasteiger partial charge in [-0.15, -0.1) is 0 Å². The summed E-state index contributed by atoms with van der Waals surface area (Å²) >= 11 is 0. The van der Waals surface area contributed by atoms with Crippen LogP contribution in [0.15, 0.2) is 18.2 Å². The smallest absolute Gasteiger partial charge is 0.317 e. The number of carbonyl (C=O) groups excluding carboxylic acids is 1. The summed E-state index contributed by atoms with van der Waals surface area (Å²) < 4.78 is 5.52. The lowest BCUT2D eigenvalue weighted by atomic mass is 10.1. The molecule has 1 aliphatic rings. The van der Waals surface area contributed by atoms with Gasteiger partial charge in [0, 0.05) is 39.3 Å². The molecule has 0 spiro atoms. The van der Waals surface area contributed by atoms with E-state index >= 15 is 0 Å². The van der Waals surface area contributed by atoms with Gasteiger partial charge in [0.15, 0.2) is 6.73 Å². The molecule has 122 valence electrons. The first kappa shape index (κ1) is 16.6. The van der Waals surface area contributed by atoms with Gasteiger partial charge in [-0.2, -0.15) is 0 Å². The van der Waals surface area contributed by atoms with Crippen LogP contribution in [0.25, 0.3) is 0 Å². The van der Waals surface area contributed by atoms with Crippen LogP contribution in [0.3, 0.4) is 0 Å². The molecule has 0 saturated carbocycles. The Morgan fingerprint density at radius 3 is 2.73 bits per heavy atom. The Balaban J connectivity index is 1.58. The normalized spacial score (nSPS) is 15.4. The third kappa shape index (κ3) is 5.54. The van der Waals surface area contributed by atoms with E-state index in [9.17, 15) is 4.79 Å². The fourth-order valence-electron chi connectivity index (χ4n) is 2.31. The second-order valence-electron chi connectivity index (χ2n) is 5.56. The average molecular weight is 306 g/mol. The quantitative estimate of drug-likeness (QED) is 0.682. The Bertz CT molecular complexity index is 487. The van der Waals surface area contributed by atoms with Crippen molar-refractivity contribution < 1.29 is 9.53 Å². The van der Waals surface area contributed by atoms with Crippen LogP contribution in [0.5, 0.6) is 5.75 Å². The summed E-state index contributed by atoms with van der Waals surface area (Å²) in [5.41, 5.74) is 2.41. The van der Waals surface area contributed by atoms with Crippen molar-refractivity contribution in [3.8, 4) is 5.75 Å². The molecule has 2 rings (SSSR count). The maximum absolute atomic E-state index is 11.7. The molecule has 22 heavy (non-hydrogen) atoms. The molecule has 0 unspecified atom stereocenters. The van der Waals surface area contributed by atoms with E-state index in [0.29, 0.717) is 6.54 Å². The van der Waals surface area contributed by atoms with Crippen LogP contribution < -0.4 is 20.7 Å². The van der Waals surface area contributed by atoms with Crippen LogP contribution in [0.2, 0.25) is 0 Å². The minimum absolute atomic E-state index is 0.169. The second kappa shape index (κ2) is 8.60. The highest BCUT2D eigenvalue weighted by Crippen LogP contribution is 2.15. The summed E-state index contributed by atoms with van der Waals surface area (Å²) in [6.07, 6.45) is 0. The zero-order valence-corrected chi connectivity index (χ0v) is 13.4. The van der Waals surface area contributed by atoms with Crippen molar-refractivity contribution in [2.75, 3.05) is 46.0 Å². The van der Waals surface area contributed by atoms with Crippen molar-refractivity contribution >= 4 is 6.03 Å². The molecule has 1 aromatic carbocycles. The number of ether oxygens (including phenoxy) is 1. The van der Waals surface area contributed by atoms with Crippen LogP contribution in [0, 0.1) is 13.8 Å². The van der Waals surface area contributed by atoms with Gasteiger partial charge >= 0.3 is 6.03 Å². The Labute approximate surface area is 132 Å². The molecule has 1 aliphatic heterocycles. The molecule has 1 saturated heterocycles. The zero-order valence-electron chi connectivity index (χ0n) is 13.4. The Morgan fingerprint density at radius 1 is 1.23 bits per heavy atom. The van der Waals surface area contributed by atoms with E-state index in [1.165, 1.54) is 11.1 Å². The highest BCUT2D eigenvalue weighted by atomic mass is 16.5. The molecule has 0 aromatic heterocycles. The predicted molar refractivity (Wildman–Crippen MR) is 87.3 cm³/mol. The standard InChI is InChI=1S/C16H26N4O2/c1-13-3-4-15(11-14(13)2)22-12-19-16(21)18-7-10-20-8-5-17-6-9-20/h3-4,11,17H,5-10,12H2,1-2H3,(H2,18,19,21). The third-order valence-electron chi connectivity index (χ3n) is 3.87. The van der Waals surface area contributed by atoms with Crippen LogP contribution in [0.1, 0.15) is 11.1 Å². The number of urea groups is 1. The van der Waals surface area contributed by atoms with Crippen molar-refractivity contribution in [1.82, 2.24) is 20.9 Å². The highest BCUT2D eigenvalue weighted by molar-refractivity contribution is 5.73. The molecule has 6 nitrogen and oxygen atoms in total. The van der Waals surface area contributed by atoms with Gasteiger partial charge in [0.1, 0.15) is 5.75 Å². The summed E-state index contributed by atoms with van der Waals surface area (Å²) in [6, 6.07) is 5.70. The number of aryl methyl sites for hydroxylation is 2. The number of nitrogens with zero attached hydrogens (tertiary/aromatic N) is 1. The van der Waals surface area contributed by atoms with Crippen LogP contribution in [0.4, 0.5) is 4.79 Å². The van der Waals surface area contributed by atoms with Gasteiger partial charge in [-0.25, -0.2) is 4.79 Å². The molecule has 1 aromatic rings. The van der Waals surface area contributed by atoms with E-state index in [1.54, 1.807) is 0 Å². The lowest BCUT2D eigenvalue weighted by Crippen LogP contribution is -2.47. The molecule has 3 N–H and O–H groups in total. The molecule has 6 heteroatoms. The Kier molecular flexibility index (Phi) is 6.48. The van der Waals surface area contributed by atoms with E-state index in [1.807, 2.05) is 25.1 Å². The topological polar surface area (TPSA) is 65.6 Å². The van der Waals surface area contributed by atoms with Gasteiger partial charge < -0.3 is 20.7 Å². The number of rotatable bonds is 6. The third-order valence-corrected chi connectivity index (χ3v) is 3.87. The fourth-order valence-corrected chi connectivity index (χ4v) is 2.31. The van der Waals surface area contributed by atoms with Crippen molar-refractivity contribution in [2.45, 2.75) is 13.8 Å². The monoisotopic (exact) mass is 306 g/mol. The molecule has 0 bridgehead atoms. The number of piperazine rings is 1. The second-order valence-corrected chi connectivity index (χ2v) is 5.56. The molecule has 2 amide bonds. The largest absolute Gasteiger partial charge is 0.473 e. The van der Waals surface area contributed by atoms with Gasteiger partial charge in [-0.3, -0.25) is 4.90 Å². The minimum atomic E-state index is -0.195. The van der Waals surface area contributed by atoms with Crippen molar-refractivity contribution in [3.05, 3.63) is 29.3 Å². The number of amides is 2. The molecule has 0 radical (unpaired) electrons. The van der Waals surface area contributed by atoms with Crippen LogP contribution in [-0.4, -0.2) is 56.9 Å². The number of carbonyl (C=O) groups is 1. The first-order valence-corrected chi connectivity index (χ1v) is 7.80. The summed E-state index contributed by atoms with van der Waals surface area (Å²) in [4.78, 5) is 14.0. The van der Waals surface area contributed by atoms with Crippen LogP contribution in [-0.2, 0) is 0 Å². The van der Waals surface area contributed by atoms with E-state index in [0.717, 1.165) is 38.5 Å². The highest BCUT2D eigenvalue weighted by Gasteiger charge is 2.09. The van der Waals surface area contributed by atoms with Gasteiger partial charge in [0.2, 0.25) is 0 Å². The molecular formula is C16H26N4O2. The van der Waals surface area contributed by atoms with Crippen molar-refractivity contribution in [2.24, 2.45) is 0 Å². The summed E-state index contributed by atoms with van der Waals surface area (Å²) in [6.45, 7) is 9.93. The van der Waals surface area contributed by atoms with E-state index in [4.69, 9.17) is 4.74 Å². The molecule has 1 fully saturated rings. The van der Waals surface area contributed by atoms with E-state index < -0.39 is 0 Å². The predicted octanol–water partition coefficient (Wildman–Crippen LogP) is 0.844. The lowest BCUT2D eigenvalue weighted by Gasteiger charge is -2.27. The summed E-state index contributed by atoms with van der Waals surface area (Å²) in [7, 11) is 0. The molecular weight excluding hydrogens is 280 g/mol. The van der Waals surface area contributed by atoms with Gasteiger partial charge in [0.05, 0.1) is 0 Å². The van der Waals surface area contributed by atoms with Gasteiger partial charge in [-0.05, 0) is 37.1 Å². The lowest BCUT2D eigenvalue weighted by molar-refractivity contribution is 0.216. The maximum Gasteiger partial charge on any atom is 0.317 e. The van der Waals surface area contributed by atoms with E-state index in [-0.39, 0.29) is 12.8 Å². The molecule has 1 heterocycles. The Hall–Kier alpha value is -1.79. The molecule has 0 aliphatic carbocycles. The molecule has 0 atom stereocenters.